The first-order valence-corrected chi connectivity index (χ1v) is 5.99. The SMILES string of the molecule is CCC(C)(CO)CNCC(O)(CC)CC. The lowest BCUT2D eigenvalue weighted by atomic mass is 9.88. The number of hydrogen-bond donors (Lipinski definition) is 3. The van der Waals surface area contributed by atoms with E-state index >= 15 is 0 Å². The van der Waals surface area contributed by atoms with E-state index in [4.69, 9.17) is 0 Å². The van der Waals surface area contributed by atoms with E-state index in [-0.39, 0.29) is 12.0 Å². The average Bonchev–Trinajstić information content (AvgIpc) is 2.28. The van der Waals surface area contributed by atoms with Crippen LogP contribution in [0, 0.1) is 5.41 Å². The third-order valence-corrected chi connectivity index (χ3v) is 3.56. The van der Waals surface area contributed by atoms with Gasteiger partial charge in [-0.3, -0.25) is 0 Å². The molecule has 3 N–H and O–H groups in total. The molecule has 0 fully saturated rings. The van der Waals surface area contributed by atoms with Gasteiger partial charge in [0.2, 0.25) is 0 Å². The van der Waals surface area contributed by atoms with Crippen LogP contribution < -0.4 is 5.32 Å². The van der Waals surface area contributed by atoms with E-state index in [1.165, 1.54) is 0 Å². The molecule has 0 saturated heterocycles. The minimum atomic E-state index is -0.593. The Labute approximate surface area is 93.9 Å². The van der Waals surface area contributed by atoms with Crippen molar-refractivity contribution in [3.8, 4) is 0 Å². The van der Waals surface area contributed by atoms with Crippen molar-refractivity contribution in [3.63, 3.8) is 0 Å². The summed E-state index contributed by atoms with van der Waals surface area (Å²) >= 11 is 0. The first-order valence-electron chi connectivity index (χ1n) is 5.99. The van der Waals surface area contributed by atoms with E-state index in [0.29, 0.717) is 6.54 Å². The third-order valence-electron chi connectivity index (χ3n) is 3.56. The fourth-order valence-electron chi connectivity index (χ4n) is 1.39. The van der Waals surface area contributed by atoms with Gasteiger partial charge >= 0.3 is 0 Å². The van der Waals surface area contributed by atoms with Gasteiger partial charge in [-0.1, -0.05) is 27.7 Å². The summed E-state index contributed by atoms with van der Waals surface area (Å²) in [6, 6.07) is 0. The Kier molecular flexibility index (Phi) is 6.41. The lowest BCUT2D eigenvalue weighted by Gasteiger charge is -2.30. The molecule has 0 aliphatic carbocycles. The second-order valence-corrected chi connectivity index (χ2v) is 4.86. The van der Waals surface area contributed by atoms with Crippen molar-refractivity contribution < 1.29 is 10.2 Å². The number of aliphatic hydroxyl groups is 2. The van der Waals surface area contributed by atoms with Crippen molar-refractivity contribution in [2.24, 2.45) is 5.41 Å². The molecular weight excluding hydrogens is 190 g/mol. The van der Waals surface area contributed by atoms with Crippen LogP contribution in [0.5, 0.6) is 0 Å². The molecular formula is C12H27NO2. The molecule has 0 aromatic rings. The van der Waals surface area contributed by atoms with E-state index in [9.17, 15) is 10.2 Å². The van der Waals surface area contributed by atoms with E-state index < -0.39 is 5.60 Å². The number of rotatable bonds is 8. The van der Waals surface area contributed by atoms with Crippen LogP contribution in [0.4, 0.5) is 0 Å². The van der Waals surface area contributed by atoms with Gasteiger partial charge in [-0.05, 0) is 19.3 Å². The fourth-order valence-corrected chi connectivity index (χ4v) is 1.39. The van der Waals surface area contributed by atoms with E-state index in [2.05, 4.69) is 19.2 Å². The monoisotopic (exact) mass is 217 g/mol. The Bertz CT molecular complexity index is 145. The number of hydrogen-bond acceptors (Lipinski definition) is 3. The summed E-state index contributed by atoms with van der Waals surface area (Å²) in [5.74, 6) is 0. The number of nitrogens with one attached hydrogen (secondary N) is 1. The Hall–Kier alpha value is -0.120. The first-order chi connectivity index (χ1) is 6.95. The standard InChI is InChI=1S/C12H27NO2/c1-5-11(4,10-14)8-13-9-12(15,6-2)7-3/h13-15H,5-10H2,1-4H3. The number of aliphatic hydroxyl groups excluding tert-OH is 1. The predicted octanol–water partition coefficient (Wildman–Crippen LogP) is 1.54. The van der Waals surface area contributed by atoms with E-state index in [1.807, 2.05) is 13.8 Å². The summed E-state index contributed by atoms with van der Waals surface area (Å²) in [7, 11) is 0. The van der Waals surface area contributed by atoms with E-state index in [1.54, 1.807) is 0 Å². The zero-order chi connectivity index (χ0) is 11.9. The van der Waals surface area contributed by atoms with Crippen LogP contribution in [0.3, 0.4) is 0 Å². The van der Waals surface area contributed by atoms with Gasteiger partial charge < -0.3 is 15.5 Å². The highest BCUT2D eigenvalue weighted by atomic mass is 16.3. The summed E-state index contributed by atoms with van der Waals surface area (Å²) in [5.41, 5.74) is -0.660. The van der Waals surface area contributed by atoms with Crippen LogP contribution >= 0.6 is 0 Å². The Morgan fingerprint density at radius 1 is 1.00 bits per heavy atom. The van der Waals surface area contributed by atoms with Crippen LogP contribution in [0.1, 0.15) is 47.0 Å². The highest BCUT2D eigenvalue weighted by molar-refractivity contribution is 4.81. The van der Waals surface area contributed by atoms with Crippen molar-refractivity contribution in [3.05, 3.63) is 0 Å². The van der Waals surface area contributed by atoms with Crippen LogP contribution in [-0.4, -0.2) is 35.5 Å². The zero-order valence-electron chi connectivity index (χ0n) is 10.6. The molecule has 0 rings (SSSR count). The van der Waals surface area contributed by atoms with Crippen molar-refractivity contribution in [1.82, 2.24) is 5.32 Å². The second kappa shape index (κ2) is 6.46. The van der Waals surface area contributed by atoms with Gasteiger partial charge in [0, 0.05) is 25.1 Å². The minimum absolute atomic E-state index is 0.0671. The smallest absolute Gasteiger partial charge is 0.0766 e. The minimum Gasteiger partial charge on any atom is -0.396 e. The fraction of sp³-hybridized carbons (Fsp3) is 1.00. The second-order valence-electron chi connectivity index (χ2n) is 4.86. The molecule has 0 saturated carbocycles. The van der Waals surface area contributed by atoms with Crippen molar-refractivity contribution in [1.29, 1.82) is 0 Å². The van der Waals surface area contributed by atoms with Gasteiger partial charge in [0.05, 0.1) is 5.60 Å². The van der Waals surface area contributed by atoms with Gasteiger partial charge in [0.1, 0.15) is 0 Å². The van der Waals surface area contributed by atoms with Gasteiger partial charge in [0.15, 0.2) is 0 Å². The molecule has 3 heteroatoms. The molecule has 0 spiro atoms. The van der Waals surface area contributed by atoms with Gasteiger partial charge in [-0.2, -0.15) is 0 Å². The Morgan fingerprint density at radius 2 is 1.53 bits per heavy atom. The topological polar surface area (TPSA) is 52.5 Å². The zero-order valence-corrected chi connectivity index (χ0v) is 10.6. The highest BCUT2D eigenvalue weighted by Gasteiger charge is 2.25. The van der Waals surface area contributed by atoms with Gasteiger partial charge in [0.25, 0.3) is 0 Å². The van der Waals surface area contributed by atoms with Crippen LogP contribution in [0.25, 0.3) is 0 Å². The molecule has 92 valence electrons. The van der Waals surface area contributed by atoms with Gasteiger partial charge in [-0.25, -0.2) is 0 Å². The first kappa shape index (κ1) is 14.9. The molecule has 0 aromatic heterocycles. The van der Waals surface area contributed by atoms with Crippen LogP contribution in [-0.2, 0) is 0 Å². The lowest BCUT2D eigenvalue weighted by molar-refractivity contribution is 0.0275. The molecule has 0 bridgehead atoms. The van der Waals surface area contributed by atoms with Crippen LogP contribution in [0.2, 0.25) is 0 Å². The van der Waals surface area contributed by atoms with Crippen LogP contribution in [0.15, 0.2) is 0 Å². The Morgan fingerprint density at radius 3 is 1.87 bits per heavy atom. The average molecular weight is 217 g/mol. The summed E-state index contributed by atoms with van der Waals surface area (Å²) in [4.78, 5) is 0. The molecule has 0 amide bonds. The molecule has 0 aliphatic heterocycles. The molecule has 3 nitrogen and oxygen atoms in total. The van der Waals surface area contributed by atoms with Crippen molar-refractivity contribution in [2.45, 2.75) is 52.6 Å². The van der Waals surface area contributed by atoms with E-state index in [0.717, 1.165) is 25.8 Å². The normalized spacial score (nSPS) is 16.4. The summed E-state index contributed by atoms with van der Waals surface area (Å²) in [5, 5.41) is 22.5. The quantitative estimate of drug-likeness (QED) is 0.578. The van der Waals surface area contributed by atoms with Crippen molar-refractivity contribution >= 4 is 0 Å². The predicted molar refractivity (Wildman–Crippen MR) is 63.9 cm³/mol. The lowest BCUT2D eigenvalue weighted by Crippen LogP contribution is -2.44. The summed E-state index contributed by atoms with van der Waals surface area (Å²) < 4.78 is 0. The third kappa shape index (κ3) is 4.96. The summed E-state index contributed by atoms with van der Waals surface area (Å²) in [6.07, 6.45) is 2.46. The maximum atomic E-state index is 10.0. The molecule has 1 unspecified atom stereocenters. The summed E-state index contributed by atoms with van der Waals surface area (Å²) in [6.45, 7) is 9.66. The highest BCUT2D eigenvalue weighted by Crippen LogP contribution is 2.19. The molecule has 0 radical (unpaired) electrons. The molecule has 0 aromatic carbocycles. The maximum Gasteiger partial charge on any atom is 0.0766 e. The Balaban J connectivity index is 3.96. The van der Waals surface area contributed by atoms with Crippen molar-refractivity contribution in [2.75, 3.05) is 19.7 Å². The molecule has 15 heavy (non-hydrogen) atoms. The molecule has 0 aliphatic rings. The molecule has 0 heterocycles. The molecule has 1 atom stereocenters. The van der Waals surface area contributed by atoms with Gasteiger partial charge in [-0.15, -0.1) is 0 Å². The maximum absolute atomic E-state index is 10.0. The largest absolute Gasteiger partial charge is 0.396 e.